The van der Waals surface area contributed by atoms with Crippen molar-refractivity contribution in [2.24, 2.45) is 22.6 Å². The van der Waals surface area contributed by atoms with Gasteiger partial charge < -0.3 is 20.5 Å². The fourth-order valence-electron chi connectivity index (χ4n) is 3.42. The first-order valence-electron chi connectivity index (χ1n) is 9.41. The summed E-state index contributed by atoms with van der Waals surface area (Å²) in [6, 6.07) is 0. The Kier molecular flexibility index (Phi) is 13.2. The van der Waals surface area contributed by atoms with Crippen LogP contribution in [0.1, 0.15) is 39.5 Å². The lowest BCUT2D eigenvalue weighted by molar-refractivity contribution is -0.140. The normalized spacial score (nSPS) is 19.1. The van der Waals surface area contributed by atoms with Crippen LogP contribution < -0.4 is 11.1 Å². The van der Waals surface area contributed by atoms with Crippen molar-refractivity contribution in [2.75, 3.05) is 20.3 Å². The van der Waals surface area contributed by atoms with Crippen LogP contribution in [-0.4, -0.2) is 37.4 Å². The fourth-order valence-corrected chi connectivity index (χ4v) is 3.42. The Labute approximate surface area is 184 Å². The standard InChI is InChI=1S/C18H25NO4.C2H6N2S.ClH/c1-4-10-23-18(21)15-12(3)19-11-14(17(20)22-5-2)16(15)13-8-6-7-9-13;1-4-2(3)5;/h4,11,13,16,19H,1,5-10H2,2-3H3;1H3,(H3,3,4,5);1H/t16-;;/m1../s1. The van der Waals surface area contributed by atoms with Crippen LogP contribution in [0.15, 0.2) is 40.7 Å². The number of esters is 2. The van der Waals surface area contributed by atoms with E-state index in [4.69, 9.17) is 15.2 Å². The molecule has 3 N–H and O–H groups in total. The zero-order valence-electron chi connectivity index (χ0n) is 17.3. The van der Waals surface area contributed by atoms with Gasteiger partial charge in [-0.3, -0.25) is 4.99 Å². The van der Waals surface area contributed by atoms with Crippen LogP contribution in [0.3, 0.4) is 0 Å². The van der Waals surface area contributed by atoms with E-state index in [1.165, 1.54) is 6.08 Å². The summed E-state index contributed by atoms with van der Waals surface area (Å²) >= 11 is 3.63. The second-order valence-electron chi connectivity index (χ2n) is 6.49. The molecule has 164 valence electrons. The molecule has 9 heteroatoms. The number of dihydropyridines is 1. The maximum Gasteiger partial charge on any atom is 0.336 e. The van der Waals surface area contributed by atoms with Crippen LogP contribution in [0.25, 0.3) is 0 Å². The lowest BCUT2D eigenvalue weighted by Gasteiger charge is -2.31. The number of carbonyl (C=O) groups is 2. The van der Waals surface area contributed by atoms with Crippen LogP contribution in [0, 0.1) is 11.8 Å². The monoisotopic (exact) mass is 445 g/mol. The number of amidine groups is 1. The van der Waals surface area contributed by atoms with E-state index in [9.17, 15) is 9.59 Å². The van der Waals surface area contributed by atoms with E-state index in [0.717, 1.165) is 31.4 Å². The molecule has 0 aromatic heterocycles. The molecule has 0 amide bonds. The van der Waals surface area contributed by atoms with Gasteiger partial charge in [-0.05, 0) is 32.6 Å². The molecule has 0 radical (unpaired) electrons. The zero-order chi connectivity index (χ0) is 21.1. The van der Waals surface area contributed by atoms with Gasteiger partial charge in [0.05, 0.1) is 17.8 Å². The summed E-state index contributed by atoms with van der Waals surface area (Å²) in [5.74, 6) is -0.732. The highest BCUT2D eigenvalue weighted by molar-refractivity contribution is 7.96. The largest absolute Gasteiger partial charge is 0.463 e. The Balaban J connectivity index is 0.00000117. The summed E-state index contributed by atoms with van der Waals surface area (Å²) in [5.41, 5.74) is 6.71. The van der Waals surface area contributed by atoms with Gasteiger partial charge in [-0.2, -0.15) is 0 Å². The summed E-state index contributed by atoms with van der Waals surface area (Å²) in [5, 5.41) is 3.35. The van der Waals surface area contributed by atoms with Gasteiger partial charge in [-0.25, -0.2) is 9.59 Å². The van der Waals surface area contributed by atoms with Crippen LogP contribution in [0.5, 0.6) is 0 Å². The fraction of sp³-hybridized carbons (Fsp3) is 0.550. The van der Waals surface area contributed by atoms with Crippen molar-refractivity contribution in [3.63, 3.8) is 0 Å². The number of thiol groups is 1. The highest BCUT2D eigenvalue weighted by Gasteiger charge is 2.40. The van der Waals surface area contributed by atoms with E-state index in [1.54, 1.807) is 20.2 Å². The smallest absolute Gasteiger partial charge is 0.336 e. The minimum atomic E-state index is -0.387. The van der Waals surface area contributed by atoms with E-state index >= 15 is 0 Å². The number of aliphatic imine (C=N–C) groups is 1. The Hall–Kier alpha value is -1.93. The van der Waals surface area contributed by atoms with E-state index in [-0.39, 0.29) is 42.8 Å². The third-order valence-corrected chi connectivity index (χ3v) is 4.86. The van der Waals surface area contributed by atoms with Crippen molar-refractivity contribution < 1.29 is 19.1 Å². The maximum atomic E-state index is 12.5. The van der Waals surface area contributed by atoms with E-state index < -0.39 is 0 Å². The van der Waals surface area contributed by atoms with Gasteiger partial charge in [-0.15, -0.1) is 25.0 Å². The topological polar surface area (TPSA) is 103 Å². The number of carbonyl (C=O) groups excluding carboxylic acids is 2. The van der Waals surface area contributed by atoms with E-state index in [1.807, 2.05) is 6.92 Å². The third kappa shape index (κ3) is 8.14. The molecule has 0 saturated heterocycles. The predicted octanol–water partition coefficient (Wildman–Crippen LogP) is 3.13. The molecule has 7 nitrogen and oxygen atoms in total. The second-order valence-corrected chi connectivity index (χ2v) is 6.95. The maximum absolute atomic E-state index is 12.5. The zero-order valence-corrected chi connectivity index (χ0v) is 19.0. The van der Waals surface area contributed by atoms with Crippen molar-refractivity contribution in [1.29, 1.82) is 0 Å². The molecular formula is C20H32ClN3O4S. The minimum Gasteiger partial charge on any atom is -0.463 e. The molecule has 1 fully saturated rings. The average Bonchev–Trinajstić information content (AvgIpc) is 3.20. The molecule has 1 atom stereocenters. The molecule has 0 bridgehead atoms. The quantitative estimate of drug-likeness (QED) is 0.191. The molecular weight excluding hydrogens is 414 g/mol. The first kappa shape index (κ1) is 27.1. The van der Waals surface area contributed by atoms with Gasteiger partial charge in [0.1, 0.15) is 11.8 Å². The van der Waals surface area contributed by atoms with Crippen LogP contribution in [-0.2, 0) is 19.1 Å². The first-order valence-corrected chi connectivity index (χ1v) is 9.85. The van der Waals surface area contributed by atoms with Crippen LogP contribution in [0.4, 0.5) is 0 Å². The minimum absolute atomic E-state index is 0. The molecule has 2 aliphatic rings. The number of allylic oxidation sites excluding steroid dienone is 1. The van der Waals surface area contributed by atoms with Gasteiger partial charge in [0.15, 0.2) is 0 Å². The number of nitrogens with one attached hydrogen (secondary N) is 1. The predicted molar refractivity (Wildman–Crippen MR) is 121 cm³/mol. The molecule has 2 rings (SSSR count). The van der Waals surface area contributed by atoms with Crippen molar-refractivity contribution >= 4 is 42.1 Å². The number of rotatable bonds is 6. The van der Waals surface area contributed by atoms with Gasteiger partial charge in [-0.1, -0.05) is 25.5 Å². The molecule has 0 aromatic rings. The molecule has 1 aliphatic heterocycles. The van der Waals surface area contributed by atoms with E-state index in [0.29, 0.717) is 22.9 Å². The number of nitrogens with zero attached hydrogens (tertiary/aromatic N) is 1. The Bertz CT molecular complexity index is 667. The first-order chi connectivity index (χ1) is 13.4. The SMILES string of the molecule is C=CCOC(=O)C1=C(C)NC=C(C(=O)OCC)[C@H]1C1CCCC1.CN=C(N)S.Cl. The second kappa shape index (κ2) is 14.1. The number of halogens is 1. The molecule has 0 spiro atoms. The summed E-state index contributed by atoms with van der Waals surface area (Å²) in [6.45, 7) is 7.65. The molecule has 1 aliphatic carbocycles. The molecule has 29 heavy (non-hydrogen) atoms. The number of hydrogen-bond donors (Lipinski definition) is 3. The molecule has 0 aromatic carbocycles. The number of nitrogens with two attached hydrogens (primary N) is 1. The highest BCUT2D eigenvalue weighted by Crippen LogP contribution is 2.42. The van der Waals surface area contributed by atoms with Crippen LogP contribution in [0.2, 0.25) is 0 Å². The summed E-state index contributed by atoms with van der Waals surface area (Å²) in [7, 11) is 1.59. The lowest BCUT2D eigenvalue weighted by atomic mass is 9.77. The number of hydrogen-bond acceptors (Lipinski definition) is 6. The highest BCUT2D eigenvalue weighted by atomic mass is 35.5. The van der Waals surface area contributed by atoms with Crippen LogP contribution >= 0.6 is 25.0 Å². The van der Waals surface area contributed by atoms with Gasteiger partial charge in [0, 0.05) is 24.9 Å². The van der Waals surface area contributed by atoms with Crippen molar-refractivity contribution in [3.8, 4) is 0 Å². The van der Waals surface area contributed by atoms with Crippen molar-refractivity contribution in [2.45, 2.75) is 39.5 Å². The van der Waals surface area contributed by atoms with Gasteiger partial charge in [0.2, 0.25) is 0 Å². The third-order valence-electron chi connectivity index (χ3n) is 4.66. The number of ether oxygens (including phenoxy) is 2. The molecule has 1 heterocycles. The van der Waals surface area contributed by atoms with E-state index in [2.05, 4.69) is 29.5 Å². The van der Waals surface area contributed by atoms with Gasteiger partial charge in [0.25, 0.3) is 0 Å². The summed E-state index contributed by atoms with van der Waals surface area (Å²) in [6.07, 6.45) is 7.48. The van der Waals surface area contributed by atoms with Gasteiger partial charge >= 0.3 is 11.9 Å². The summed E-state index contributed by atoms with van der Waals surface area (Å²) in [4.78, 5) is 28.3. The van der Waals surface area contributed by atoms with Crippen molar-refractivity contribution in [3.05, 3.63) is 35.7 Å². The molecule has 1 saturated carbocycles. The summed E-state index contributed by atoms with van der Waals surface area (Å²) < 4.78 is 10.4. The Morgan fingerprint density at radius 2 is 1.93 bits per heavy atom. The molecule has 0 unspecified atom stereocenters. The Morgan fingerprint density at radius 3 is 2.41 bits per heavy atom. The lowest BCUT2D eigenvalue weighted by Crippen LogP contribution is -2.34. The van der Waals surface area contributed by atoms with Crippen molar-refractivity contribution in [1.82, 2.24) is 5.32 Å². The average molecular weight is 446 g/mol. The Morgan fingerprint density at radius 1 is 1.34 bits per heavy atom.